The molecule has 6 nitrogen and oxygen atoms in total. The van der Waals surface area contributed by atoms with Gasteiger partial charge < -0.3 is 15.4 Å². The first-order valence-corrected chi connectivity index (χ1v) is 10.1. The van der Waals surface area contributed by atoms with Crippen molar-refractivity contribution in [1.82, 2.24) is 9.88 Å². The van der Waals surface area contributed by atoms with Gasteiger partial charge >= 0.3 is 0 Å². The summed E-state index contributed by atoms with van der Waals surface area (Å²) in [5.74, 6) is 4.88. The first-order valence-electron chi connectivity index (χ1n) is 10.1. The van der Waals surface area contributed by atoms with Gasteiger partial charge in [0.05, 0.1) is 24.2 Å². The van der Waals surface area contributed by atoms with Gasteiger partial charge in [-0.2, -0.15) is 0 Å². The van der Waals surface area contributed by atoms with Gasteiger partial charge in [0.2, 0.25) is 11.5 Å². The highest BCUT2D eigenvalue weighted by Crippen LogP contribution is 2.29. The number of carbonyl (C=O) groups excluding carboxylic acids is 1. The number of pyridine rings is 1. The molecule has 162 valence electrons. The highest BCUT2D eigenvalue weighted by Gasteiger charge is 2.41. The van der Waals surface area contributed by atoms with E-state index in [-0.39, 0.29) is 11.7 Å². The van der Waals surface area contributed by atoms with Crippen LogP contribution in [0, 0.1) is 30.1 Å². The number of nitrogens with zero attached hydrogens (tertiary/aromatic N) is 3. The largest absolute Gasteiger partial charge is 0.477 e. The number of rotatable bonds is 6. The zero-order valence-corrected chi connectivity index (χ0v) is 18.9. The van der Waals surface area contributed by atoms with E-state index in [4.69, 9.17) is 23.3 Å². The summed E-state index contributed by atoms with van der Waals surface area (Å²) >= 11 is 0. The summed E-state index contributed by atoms with van der Waals surface area (Å²) in [6, 6.07) is 3.92. The highest BCUT2D eigenvalue weighted by atomic mass is 16.5. The van der Waals surface area contributed by atoms with Gasteiger partial charge in [0, 0.05) is 12.7 Å². The lowest BCUT2D eigenvalue weighted by Gasteiger charge is -2.34. The Bertz CT molecular complexity index is 1020. The monoisotopic (exact) mass is 418 g/mol. The molecule has 0 fully saturated rings. The molecule has 1 aliphatic rings. The quantitative estimate of drug-likeness (QED) is 0.333. The average molecular weight is 419 g/mol. The Kier molecular flexibility index (Phi) is 7.31. The molecular weight excluding hydrogens is 388 g/mol. The Morgan fingerprint density at radius 3 is 2.65 bits per heavy atom. The lowest BCUT2D eigenvalue weighted by Crippen LogP contribution is -2.50. The number of fused-ring (bicyclic) bond motifs is 1. The minimum Gasteiger partial charge on any atom is -0.477 e. The lowest BCUT2D eigenvalue weighted by molar-refractivity contribution is -0.136. The third kappa shape index (κ3) is 4.81. The fraction of sp³-hybridized carbons (Fsp3) is 0.400. The number of aromatic nitrogens is 1. The first-order chi connectivity index (χ1) is 14.6. The van der Waals surface area contributed by atoms with E-state index in [2.05, 4.69) is 21.8 Å². The Balaban J connectivity index is 2.42. The number of terminal acetylenes is 2. The fourth-order valence-electron chi connectivity index (χ4n) is 3.38. The van der Waals surface area contributed by atoms with Gasteiger partial charge in [0.15, 0.2) is 5.41 Å². The van der Waals surface area contributed by atoms with Crippen LogP contribution >= 0.6 is 0 Å². The molecule has 2 atom stereocenters. The van der Waals surface area contributed by atoms with Gasteiger partial charge in [-0.3, -0.25) is 9.78 Å². The van der Waals surface area contributed by atoms with Crippen LogP contribution in [-0.2, 0) is 22.5 Å². The molecule has 0 aliphatic carbocycles. The Labute approximate surface area is 185 Å². The third-order valence-corrected chi connectivity index (χ3v) is 5.37. The number of hydrogen-bond acceptors (Lipinski definition) is 4. The van der Waals surface area contributed by atoms with Gasteiger partial charge in [0.1, 0.15) is 5.84 Å². The minimum atomic E-state index is -1.44. The van der Waals surface area contributed by atoms with E-state index in [0.29, 0.717) is 25.2 Å². The summed E-state index contributed by atoms with van der Waals surface area (Å²) in [7, 11) is 0. The molecule has 2 unspecified atom stereocenters. The van der Waals surface area contributed by atoms with E-state index < -0.39 is 11.0 Å². The van der Waals surface area contributed by atoms with Crippen molar-refractivity contribution in [2.45, 2.75) is 53.2 Å². The highest BCUT2D eigenvalue weighted by molar-refractivity contribution is 6.10. The van der Waals surface area contributed by atoms with Crippen LogP contribution in [0.2, 0.25) is 0 Å². The SMILES string of the molecule is C#CC(C)(O/C=C\C)C(/N=C(/N)C(C)(C#C)C(=O)N1CCc2cccnc2C1)=C(C)C. The minimum absolute atomic E-state index is 0.00595. The zero-order valence-electron chi connectivity index (χ0n) is 18.9. The smallest absolute Gasteiger partial charge is 0.248 e. The van der Waals surface area contributed by atoms with E-state index in [1.807, 2.05) is 32.9 Å². The van der Waals surface area contributed by atoms with E-state index >= 15 is 0 Å². The fourth-order valence-corrected chi connectivity index (χ4v) is 3.38. The van der Waals surface area contributed by atoms with Gasteiger partial charge in [-0.15, -0.1) is 12.8 Å². The number of amides is 1. The van der Waals surface area contributed by atoms with Crippen molar-refractivity contribution in [3.63, 3.8) is 0 Å². The summed E-state index contributed by atoms with van der Waals surface area (Å²) in [6.07, 6.45) is 17.2. The molecule has 0 radical (unpaired) electrons. The maximum Gasteiger partial charge on any atom is 0.248 e. The number of allylic oxidation sites excluding steroid dienone is 2. The van der Waals surface area contributed by atoms with Crippen LogP contribution < -0.4 is 5.73 Å². The van der Waals surface area contributed by atoms with Crippen LogP contribution in [0.4, 0.5) is 0 Å². The Morgan fingerprint density at radius 2 is 2.06 bits per heavy atom. The van der Waals surface area contributed by atoms with E-state index in [1.165, 1.54) is 6.26 Å². The van der Waals surface area contributed by atoms with Gasteiger partial charge in [-0.1, -0.05) is 24.0 Å². The van der Waals surface area contributed by atoms with Gasteiger partial charge in [-0.05, 0) is 58.2 Å². The van der Waals surface area contributed by atoms with Crippen molar-refractivity contribution in [3.8, 4) is 24.7 Å². The van der Waals surface area contributed by atoms with Crippen LogP contribution in [0.5, 0.6) is 0 Å². The molecule has 0 aromatic carbocycles. The second-order valence-corrected chi connectivity index (χ2v) is 7.97. The second-order valence-electron chi connectivity index (χ2n) is 7.97. The predicted octanol–water partition coefficient (Wildman–Crippen LogP) is 3.20. The standard InChI is InChI=1S/C25H30N4O2/c1-8-16-31-25(7,10-3)21(18(4)5)28-22(26)24(6,9-2)23(30)29-15-13-19-12-11-14-27-20(19)17-29/h2-3,8,11-12,14,16H,13,15,17H2,1,4-7H3,(H2,26,28)/b16-8-. The van der Waals surface area contributed by atoms with Crippen molar-refractivity contribution in [3.05, 3.63) is 53.2 Å². The van der Waals surface area contributed by atoms with Crippen LogP contribution in [0.15, 0.2) is 46.9 Å². The first kappa shape index (κ1) is 23.8. The molecule has 1 aliphatic heterocycles. The zero-order chi connectivity index (χ0) is 23.2. The Hall–Kier alpha value is -3.51. The molecule has 2 heterocycles. The maximum absolute atomic E-state index is 13.4. The van der Waals surface area contributed by atoms with E-state index in [0.717, 1.165) is 16.8 Å². The van der Waals surface area contributed by atoms with Crippen molar-refractivity contribution in [2.75, 3.05) is 6.54 Å². The molecule has 31 heavy (non-hydrogen) atoms. The Morgan fingerprint density at radius 1 is 1.35 bits per heavy atom. The number of nitrogens with two attached hydrogens (primary N) is 1. The molecule has 2 rings (SSSR count). The molecule has 1 amide bonds. The molecule has 2 N–H and O–H groups in total. The van der Waals surface area contributed by atoms with Crippen molar-refractivity contribution >= 4 is 11.7 Å². The molecule has 6 heteroatoms. The van der Waals surface area contributed by atoms with Crippen LogP contribution in [0.25, 0.3) is 0 Å². The van der Waals surface area contributed by atoms with Crippen molar-refractivity contribution < 1.29 is 9.53 Å². The second kappa shape index (κ2) is 9.53. The third-order valence-electron chi connectivity index (χ3n) is 5.37. The number of aliphatic imine (C=N–C) groups is 1. The molecular formula is C25H30N4O2. The number of ether oxygens (including phenoxy) is 1. The molecule has 0 saturated carbocycles. The van der Waals surface area contributed by atoms with Crippen LogP contribution in [-0.4, -0.2) is 33.8 Å². The molecule has 1 aromatic heterocycles. The van der Waals surface area contributed by atoms with Gasteiger partial charge in [-0.25, -0.2) is 4.99 Å². The molecule has 0 saturated heterocycles. The van der Waals surface area contributed by atoms with Crippen molar-refractivity contribution in [2.24, 2.45) is 16.1 Å². The van der Waals surface area contributed by atoms with E-state index in [1.54, 1.807) is 31.0 Å². The molecule has 1 aromatic rings. The summed E-state index contributed by atoms with van der Waals surface area (Å²) in [5, 5.41) is 0. The average Bonchev–Trinajstić information content (AvgIpc) is 2.79. The normalized spacial score (nSPS) is 17.5. The van der Waals surface area contributed by atoms with Crippen LogP contribution in [0.1, 0.15) is 45.9 Å². The maximum atomic E-state index is 13.4. The number of carbonyl (C=O) groups is 1. The predicted molar refractivity (Wildman–Crippen MR) is 123 cm³/mol. The summed E-state index contributed by atoms with van der Waals surface area (Å²) < 4.78 is 5.72. The number of hydrogen-bond donors (Lipinski definition) is 1. The molecule has 0 bridgehead atoms. The number of amidine groups is 1. The van der Waals surface area contributed by atoms with Crippen LogP contribution in [0.3, 0.4) is 0 Å². The van der Waals surface area contributed by atoms with Crippen molar-refractivity contribution in [1.29, 1.82) is 0 Å². The van der Waals surface area contributed by atoms with E-state index in [9.17, 15) is 4.79 Å². The van der Waals surface area contributed by atoms with Gasteiger partial charge in [0.25, 0.3) is 0 Å². The summed E-state index contributed by atoms with van der Waals surface area (Å²) in [5.41, 5.74) is 6.98. The lowest BCUT2D eigenvalue weighted by atomic mass is 9.87. The molecule has 0 spiro atoms. The summed E-state index contributed by atoms with van der Waals surface area (Å²) in [6.45, 7) is 9.74. The topological polar surface area (TPSA) is 80.8 Å². The summed E-state index contributed by atoms with van der Waals surface area (Å²) in [4.78, 5) is 24.0.